The molecular formula is C25H26ClN3O2. The van der Waals surface area contributed by atoms with Crippen molar-refractivity contribution < 1.29 is 9.59 Å². The summed E-state index contributed by atoms with van der Waals surface area (Å²) in [6, 6.07) is 21.5. The van der Waals surface area contributed by atoms with Crippen molar-refractivity contribution in [3.8, 4) is 0 Å². The van der Waals surface area contributed by atoms with E-state index in [4.69, 9.17) is 11.6 Å². The van der Waals surface area contributed by atoms with Crippen molar-refractivity contribution in [2.24, 2.45) is 5.92 Å². The Kier molecular flexibility index (Phi) is 7.79. The number of pyridine rings is 1. The molecule has 0 fully saturated rings. The Balaban J connectivity index is 1.93. The molecule has 0 saturated carbocycles. The molecule has 1 atom stereocenters. The molecule has 1 heterocycles. The minimum atomic E-state index is -0.768. The molecule has 5 nitrogen and oxygen atoms in total. The van der Waals surface area contributed by atoms with Gasteiger partial charge in [-0.25, -0.2) is 0 Å². The summed E-state index contributed by atoms with van der Waals surface area (Å²) in [5, 5.41) is 3.57. The van der Waals surface area contributed by atoms with E-state index in [0.29, 0.717) is 11.6 Å². The lowest BCUT2D eigenvalue weighted by Crippen LogP contribution is -2.44. The van der Waals surface area contributed by atoms with Crippen molar-refractivity contribution in [1.82, 2.24) is 15.2 Å². The summed E-state index contributed by atoms with van der Waals surface area (Å²) in [5.74, 6) is -0.612. The van der Waals surface area contributed by atoms with Crippen molar-refractivity contribution in [2.75, 3.05) is 0 Å². The molecule has 3 rings (SSSR count). The third kappa shape index (κ3) is 6.15. The lowest BCUT2D eigenvalue weighted by atomic mass is 10.0. The number of hydrogen-bond acceptors (Lipinski definition) is 3. The van der Waals surface area contributed by atoms with Gasteiger partial charge in [0.25, 0.3) is 0 Å². The summed E-state index contributed by atoms with van der Waals surface area (Å²) in [5.41, 5.74) is 2.41. The lowest BCUT2D eigenvalue weighted by molar-refractivity contribution is -0.144. The first kappa shape index (κ1) is 22.5. The third-order valence-corrected chi connectivity index (χ3v) is 5.14. The topological polar surface area (TPSA) is 62.3 Å². The molecular weight excluding hydrogens is 410 g/mol. The average Bonchev–Trinajstić information content (AvgIpc) is 2.79. The molecule has 0 unspecified atom stereocenters. The largest absolute Gasteiger partial charge is 0.348 e. The van der Waals surface area contributed by atoms with E-state index in [1.54, 1.807) is 23.2 Å². The number of amides is 2. The Hall–Kier alpha value is -3.18. The second-order valence-corrected chi connectivity index (χ2v) is 8.04. The van der Waals surface area contributed by atoms with Crippen LogP contribution in [0.25, 0.3) is 0 Å². The van der Waals surface area contributed by atoms with Crippen LogP contribution in [0.3, 0.4) is 0 Å². The number of rotatable bonds is 8. The van der Waals surface area contributed by atoms with Gasteiger partial charge in [0.1, 0.15) is 6.04 Å². The fraction of sp³-hybridized carbons (Fsp3) is 0.240. The smallest absolute Gasteiger partial charge is 0.247 e. The standard InChI is InChI=1S/C25H26ClN3O2/c1-18(2)25(31)29(17-19-11-13-21(26)14-12-19)23(20-8-4-3-5-9-20)24(30)28-16-22-10-6-7-15-27-22/h3-15,18,23H,16-17H2,1-2H3,(H,28,30)/t23-/m0/s1. The van der Waals surface area contributed by atoms with Crippen molar-refractivity contribution in [3.63, 3.8) is 0 Å². The molecule has 31 heavy (non-hydrogen) atoms. The Morgan fingerprint density at radius 2 is 1.65 bits per heavy atom. The van der Waals surface area contributed by atoms with E-state index in [0.717, 1.165) is 16.8 Å². The molecule has 2 aromatic carbocycles. The Morgan fingerprint density at radius 3 is 2.26 bits per heavy atom. The first-order chi connectivity index (χ1) is 15.0. The van der Waals surface area contributed by atoms with E-state index in [1.807, 2.05) is 74.5 Å². The van der Waals surface area contributed by atoms with Gasteiger partial charge >= 0.3 is 0 Å². The van der Waals surface area contributed by atoms with Crippen LogP contribution >= 0.6 is 11.6 Å². The summed E-state index contributed by atoms with van der Waals surface area (Å²) in [6.45, 7) is 4.26. The molecule has 0 aliphatic carbocycles. The molecule has 0 aliphatic heterocycles. The van der Waals surface area contributed by atoms with Crippen LogP contribution in [0.2, 0.25) is 5.02 Å². The molecule has 3 aromatic rings. The molecule has 160 valence electrons. The molecule has 1 N–H and O–H groups in total. The number of halogens is 1. The van der Waals surface area contributed by atoms with Crippen molar-refractivity contribution >= 4 is 23.4 Å². The van der Waals surface area contributed by atoms with E-state index < -0.39 is 6.04 Å². The van der Waals surface area contributed by atoms with Crippen LogP contribution in [-0.4, -0.2) is 21.7 Å². The second kappa shape index (κ2) is 10.7. The highest BCUT2D eigenvalue weighted by molar-refractivity contribution is 6.30. The van der Waals surface area contributed by atoms with Gasteiger partial charge in [0.15, 0.2) is 0 Å². The molecule has 0 saturated heterocycles. The maximum absolute atomic E-state index is 13.4. The average molecular weight is 436 g/mol. The highest BCUT2D eigenvalue weighted by Gasteiger charge is 2.32. The number of carbonyl (C=O) groups is 2. The highest BCUT2D eigenvalue weighted by Crippen LogP contribution is 2.26. The maximum Gasteiger partial charge on any atom is 0.247 e. The van der Waals surface area contributed by atoms with Gasteiger partial charge < -0.3 is 10.2 Å². The first-order valence-electron chi connectivity index (χ1n) is 10.2. The molecule has 0 spiro atoms. The first-order valence-corrected chi connectivity index (χ1v) is 10.6. The van der Waals surface area contributed by atoms with Gasteiger partial charge in [0, 0.05) is 23.7 Å². The van der Waals surface area contributed by atoms with Crippen LogP contribution in [0.4, 0.5) is 0 Å². The van der Waals surface area contributed by atoms with E-state index in [1.165, 1.54) is 0 Å². The summed E-state index contributed by atoms with van der Waals surface area (Å²) in [7, 11) is 0. The normalized spacial score (nSPS) is 11.7. The Labute approximate surface area is 188 Å². The predicted octanol–water partition coefficient (Wildman–Crippen LogP) is 4.78. The van der Waals surface area contributed by atoms with Crippen LogP contribution in [0.5, 0.6) is 0 Å². The van der Waals surface area contributed by atoms with E-state index in [2.05, 4.69) is 10.3 Å². The minimum Gasteiger partial charge on any atom is -0.348 e. The summed E-state index contributed by atoms with van der Waals surface area (Å²) < 4.78 is 0. The fourth-order valence-corrected chi connectivity index (χ4v) is 3.43. The van der Waals surface area contributed by atoms with Gasteiger partial charge in [-0.05, 0) is 35.4 Å². The molecule has 0 bridgehead atoms. The van der Waals surface area contributed by atoms with Gasteiger partial charge in [0.05, 0.1) is 12.2 Å². The zero-order valence-corrected chi connectivity index (χ0v) is 18.4. The van der Waals surface area contributed by atoms with Gasteiger partial charge in [-0.3, -0.25) is 14.6 Å². The summed E-state index contributed by atoms with van der Waals surface area (Å²) in [4.78, 5) is 32.5. The van der Waals surface area contributed by atoms with E-state index in [-0.39, 0.29) is 24.3 Å². The third-order valence-electron chi connectivity index (χ3n) is 4.89. The Morgan fingerprint density at radius 1 is 0.968 bits per heavy atom. The van der Waals surface area contributed by atoms with Crippen LogP contribution in [0.15, 0.2) is 79.0 Å². The zero-order chi connectivity index (χ0) is 22.2. The second-order valence-electron chi connectivity index (χ2n) is 7.60. The molecule has 0 radical (unpaired) electrons. The quantitative estimate of drug-likeness (QED) is 0.554. The number of benzene rings is 2. The maximum atomic E-state index is 13.4. The fourth-order valence-electron chi connectivity index (χ4n) is 3.30. The number of hydrogen-bond donors (Lipinski definition) is 1. The highest BCUT2D eigenvalue weighted by atomic mass is 35.5. The van der Waals surface area contributed by atoms with Crippen molar-refractivity contribution in [2.45, 2.75) is 33.0 Å². The van der Waals surface area contributed by atoms with Gasteiger partial charge in [-0.15, -0.1) is 0 Å². The van der Waals surface area contributed by atoms with Gasteiger partial charge in [0.2, 0.25) is 11.8 Å². The molecule has 1 aromatic heterocycles. The Bertz CT molecular complexity index is 992. The van der Waals surface area contributed by atoms with Crippen LogP contribution in [0.1, 0.15) is 36.7 Å². The number of nitrogens with zero attached hydrogens (tertiary/aromatic N) is 2. The van der Waals surface area contributed by atoms with E-state index >= 15 is 0 Å². The molecule has 6 heteroatoms. The number of carbonyl (C=O) groups excluding carboxylic acids is 2. The minimum absolute atomic E-state index is 0.100. The lowest BCUT2D eigenvalue weighted by Gasteiger charge is -2.33. The van der Waals surface area contributed by atoms with Crippen molar-refractivity contribution in [1.29, 1.82) is 0 Å². The summed E-state index contributed by atoms with van der Waals surface area (Å²) >= 11 is 6.02. The van der Waals surface area contributed by atoms with Crippen LogP contribution in [0, 0.1) is 5.92 Å². The summed E-state index contributed by atoms with van der Waals surface area (Å²) in [6.07, 6.45) is 1.69. The molecule has 0 aliphatic rings. The molecule has 2 amide bonds. The van der Waals surface area contributed by atoms with Crippen LogP contribution in [-0.2, 0) is 22.7 Å². The SMILES string of the molecule is CC(C)C(=O)N(Cc1ccc(Cl)cc1)[C@H](C(=O)NCc1ccccn1)c1ccccc1. The van der Waals surface area contributed by atoms with Crippen LogP contribution < -0.4 is 5.32 Å². The number of nitrogens with one attached hydrogen (secondary N) is 1. The van der Waals surface area contributed by atoms with E-state index in [9.17, 15) is 9.59 Å². The predicted molar refractivity (Wildman–Crippen MR) is 122 cm³/mol. The van der Waals surface area contributed by atoms with Crippen molar-refractivity contribution in [3.05, 3.63) is 101 Å². The van der Waals surface area contributed by atoms with Gasteiger partial charge in [-0.2, -0.15) is 0 Å². The van der Waals surface area contributed by atoms with Gasteiger partial charge in [-0.1, -0.05) is 74.0 Å². The number of aromatic nitrogens is 1. The zero-order valence-electron chi connectivity index (χ0n) is 17.7. The monoisotopic (exact) mass is 435 g/mol.